The molecule has 0 unspecified atom stereocenters. The number of nitrogens with one attached hydrogen (secondary N) is 1. The van der Waals surface area contributed by atoms with Crippen LogP contribution in [-0.2, 0) is 9.59 Å². The van der Waals surface area contributed by atoms with E-state index >= 15 is 0 Å². The molecule has 0 aliphatic rings. The quantitative estimate of drug-likeness (QED) is 0.485. The number of carbonyl (C=O) groups excluding carboxylic acids is 2. The summed E-state index contributed by atoms with van der Waals surface area (Å²) in [6, 6.07) is -0.634. The van der Waals surface area contributed by atoms with E-state index in [0.717, 1.165) is 6.54 Å². The summed E-state index contributed by atoms with van der Waals surface area (Å²) in [5, 5.41) is 2.23. The molecule has 0 rings (SSSR count). The monoisotopic (exact) mass is 175 g/mol. The van der Waals surface area contributed by atoms with Crippen LogP contribution >= 0.6 is 12.6 Å². The lowest BCUT2D eigenvalue weighted by Crippen LogP contribution is -2.36. The zero-order valence-corrected chi connectivity index (χ0v) is 7.10. The zero-order chi connectivity index (χ0) is 8.85. The fourth-order valence-electron chi connectivity index (χ4n) is 0.370. The molecule has 0 fully saturated rings. The van der Waals surface area contributed by atoms with Crippen LogP contribution < -0.4 is 11.1 Å². The van der Waals surface area contributed by atoms with Crippen molar-refractivity contribution < 1.29 is 9.59 Å². The third kappa shape index (κ3) is 4.80. The van der Waals surface area contributed by atoms with Gasteiger partial charge in [0.1, 0.15) is 6.54 Å². The topological polar surface area (TPSA) is 72.2 Å². The van der Waals surface area contributed by atoms with Crippen molar-refractivity contribution in [2.24, 2.45) is 5.73 Å². The van der Waals surface area contributed by atoms with Crippen LogP contribution in [0.2, 0.25) is 0 Å². The third-order valence-corrected chi connectivity index (χ3v) is 1.37. The van der Waals surface area contributed by atoms with Crippen molar-refractivity contribution in [2.75, 3.05) is 5.75 Å². The summed E-state index contributed by atoms with van der Waals surface area (Å²) in [5.41, 5.74) is 5.29. The van der Waals surface area contributed by atoms with Crippen molar-refractivity contribution in [2.45, 2.75) is 13.0 Å². The Morgan fingerprint density at radius 2 is 2.27 bits per heavy atom. The molecule has 63 valence electrons. The molecule has 0 aromatic rings. The molecule has 11 heavy (non-hydrogen) atoms. The molecular formula is C6H11N2O2S. The Kier molecular flexibility index (Phi) is 4.89. The van der Waals surface area contributed by atoms with Crippen molar-refractivity contribution >= 4 is 24.3 Å². The van der Waals surface area contributed by atoms with Crippen molar-refractivity contribution in [1.82, 2.24) is 5.32 Å². The van der Waals surface area contributed by atoms with E-state index in [1.165, 1.54) is 6.92 Å². The van der Waals surface area contributed by atoms with E-state index in [0.29, 0.717) is 0 Å². The van der Waals surface area contributed by atoms with Crippen LogP contribution in [0.25, 0.3) is 0 Å². The van der Waals surface area contributed by atoms with Gasteiger partial charge in [-0.3, -0.25) is 9.59 Å². The molecule has 1 atom stereocenters. The molecule has 5 heteroatoms. The number of ketones is 1. The Bertz CT molecular complexity index is 161. The summed E-state index contributed by atoms with van der Waals surface area (Å²) in [6.45, 7) is 2.37. The minimum absolute atomic E-state index is 0.273. The van der Waals surface area contributed by atoms with E-state index in [-0.39, 0.29) is 17.4 Å². The van der Waals surface area contributed by atoms with Gasteiger partial charge in [0.05, 0.1) is 6.04 Å². The molecule has 0 aromatic carbocycles. The zero-order valence-electron chi connectivity index (χ0n) is 6.20. The van der Waals surface area contributed by atoms with E-state index in [1.54, 1.807) is 0 Å². The van der Waals surface area contributed by atoms with E-state index < -0.39 is 6.04 Å². The molecule has 1 radical (unpaired) electrons. The molecule has 0 spiro atoms. The largest absolute Gasteiger partial charge is 0.344 e. The predicted molar refractivity (Wildman–Crippen MR) is 45.0 cm³/mol. The van der Waals surface area contributed by atoms with Crippen LogP contribution in [0, 0.1) is 6.54 Å². The van der Waals surface area contributed by atoms with E-state index in [9.17, 15) is 9.59 Å². The normalized spacial score (nSPS) is 12.3. The highest BCUT2D eigenvalue weighted by molar-refractivity contribution is 7.80. The number of carbonyl (C=O) groups is 2. The highest BCUT2D eigenvalue weighted by atomic mass is 32.1. The lowest BCUT2D eigenvalue weighted by molar-refractivity contribution is -0.122. The molecule has 0 saturated carbocycles. The van der Waals surface area contributed by atoms with Crippen LogP contribution in [0.15, 0.2) is 0 Å². The lowest BCUT2D eigenvalue weighted by Gasteiger charge is -2.05. The molecule has 0 aromatic heterocycles. The molecule has 0 heterocycles. The lowest BCUT2D eigenvalue weighted by atomic mass is 10.2. The summed E-state index contributed by atoms with van der Waals surface area (Å²) in [5.74, 6) is -0.338. The van der Waals surface area contributed by atoms with Gasteiger partial charge in [0.2, 0.25) is 5.91 Å². The van der Waals surface area contributed by atoms with Gasteiger partial charge >= 0.3 is 0 Å². The number of rotatable bonds is 4. The molecule has 0 bridgehead atoms. The van der Waals surface area contributed by atoms with Crippen LogP contribution in [0.4, 0.5) is 0 Å². The molecule has 0 aliphatic heterocycles. The van der Waals surface area contributed by atoms with Gasteiger partial charge in [0, 0.05) is 12.7 Å². The van der Waals surface area contributed by atoms with E-state index in [1.807, 2.05) is 0 Å². The first kappa shape index (κ1) is 10.4. The molecule has 0 saturated heterocycles. The van der Waals surface area contributed by atoms with Crippen molar-refractivity contribution in [3.8, 4) is 0 Å². The number of nitrogens with two attached hydrogens (primary N) is 1. The molecule has 1 amide bonds. The third-order valence-electron chi connectivity index (χ3n) is 0.980. The van der Waals surface area contributed by atoms with Gasteiger partial charge in [-0.05, 0) is 0 Å². The van der Waals surface area contributed by atoms with Gasteiger partial charge in [-0.25, -0.2) is 0 Å². The van der Waals surface area contributed by atoms with Gasteiger partial charge in [-0.2, -0.15) is 12.6 Å². The fraction of sp³-hybridized carbons (Fsp3) is 0.500. The fourth-order valence-corrected chi connectivity index (χ4v) is 0.550. The minimum Gasteiger partial charge on any atom is -0.344 e. The van der Waals surface area contributed by atoms with Gasteiger partial charge in [-0.15, -0.1) is 0 Å². The maximum atomic E-state index is 10.8. The Morgan fingerprint density at radius 3 is 2.64 bits per heavy atom. The van der Waals surface area contributed by atoms with Gasteiger partial charge < -0.3 is 11.1 Å². The van der Waals surface area contributed by atoms with Crippen LogP contribution in [-0.4, -0.2) is 23.5 Å². The smallest absolute Gasteiger partial charge is 0.217 e. The van der Waals surface area contributed by atoms with Crippen molar-refractivity contribution in [3.63, 3.8) is 0 Å². The summed E-state index contributed by atoms with van der Waals surface area (Å²) in [6.07, 6.45) is 0. The van der Waals surface area contributed by atoms with Crippen molar-refractivity contribution in [3.05, 3.63) is 6.54 Å². The Balaban J connectivity index is 3.60. The first-order valence-corrected chi connectivity index (χ1v) is 3.71. The standard InChI is InChI=1S/C6H11N2O2S/c1-4(9)8-2-6(10)5(7)3-11/h2,5,11H,3,7H2,1H3,(H,8,9)/t5-/m1/s1. The summed E-state index contributed by atoms with van der Waals surface area (Å²) in [4.78, 5) is 21.1. The molecule has 3 N–H and O–H groups in total. The summed E-state index contributed by atoms with van der Waals surface area (Å²) < 4.78 is 0. The second-order valence-electron chi connectivity index (χ2n) is 2.04. The molecule has 0 aliphatic carbocycles. The average molecular weight is 175 g/mol. The highest BCUT2D eigenvalue weighted by Gasteiger charge is 2.11. The van der Waals surface area contributed by atoms with Crippen molar-refractivity contribution in [1.29, 1.82) is 0 Å². The van der Waals surface area contributed by atoms with E-state index in [2.05, 4.69) is 17.9 Å². The average Bonchev–Trinajstić information content (AvgIpc) is 1.98. The van der Waals surface area contributed by atoms with Gasteiger partial charge in [-0.1, -0.05) is 0 Å². The second kappa shape index (κ2) is 5.15. The number of Topliss-reactive ketones (excluding diaryl/α,β-unsaturated/α-hetero) is 1. The Morgan fingerprint density at radius 1 is 1.73 bits per heavy atom. The Labute approximate surface area is 70.9 Å². The number of thiol groups is 1. The Hall–Kier alpha value is -0.550. The maximum absolute atomic E-state index is 10.8. The van der Waals surface area contributed by atoms with Crippen LogP contribution in [0.5, 0.6) is 0 Å². The number of hydrogen-bond acceptors (Lipinski definition) is 4. The first-order chi connectivity index (χ1) is 5.07. The number of hydrogen-bond donors (Lipinski definition) is 3. The van der Waals surface area contributed by atoms with Crippen LogP contribution in [0.1, 0.15) is 6.92 Å². The second-order valence-corrected chi connectivity index (χ2v) is 2.40. The molecule has 4 nitrogen and oxygen atoms in total. The number of amides is 1. The van der Waals surface area contributed by atoms with Gasteiger partial charge in [0.15, 0.2) is 5.78 Å². The van der Waals surface area contributed by atoms with E-state index in [4.69, 9.17) is 5.73 Å². The van der Waals surface area contributed by atoms with Crippen LogP contribution in [0.3, 0.4) is 0 Å². The highest BCUT2D eigenvalue weighted by Crippen LogP contribution is 1.87. The SMILES string of the molecule is CC(=O)N[CH]C(=O)[C@H](N)CS. The minimum atomic E-state index is -0.634. The maximum Gasteiger partial charge on any atom is 0.217 e. The first-order valence-electron chi connectivity index (χ1n) is 3.08. The summed E-state index contributed by atoms with van der Waals surface area (Å²) >= 11 is 3.82. The summed E-state index contributed by atoms with van der Waals surface area (Å²) in [7, 11) is 0. The van der Waals surface area contributed by atoms with Gasteiger partial charge in [0.25, 0.3) is 0 Å². The molecular weight excluding hydrogens is 164 g/mol. The predicted octanol–water partition coefficient (Wildman–Crippen LogP) is -0.890.